The average Bonchev–Trinajstić information content (AvgIpc) is 2.79. The highest BCUT2D eigenvalue weighted by molar-refractivity contribution is 5.81. The minimum atomic E-state index is -0.971. The van der Waals surface area contributed by atoms with Gasteiger partial charge in [-0.25, -0.2) is 9.59 Å². The van der Waals surface area contributed by atoms with Gasteiger partial charge in [-0.05, 0) is 25.3 Å². The van der Waals surface area contributed by atoms with Crippen molar-refractivity contribution in [2.24, 2.45) is 0 Å². The summed E-state index contributed by atoms with van der Waals surface area (Å²) in [5, 5.41) is 9.09. The number of carboxylic acids is 1. The van der Waals surface area contributed by atoms with E-state index < -0.39 is 18.1 Å². The zero-order valence-corrected chi connectivity index (χ0v) is 10.8. The Morgan fingerprint density at radius 3 is 2.63 bits per heavy atom. The third-order valence-electron chi connectivity index (χ3n) is 3.37. The van der Waals surface area contributed by atoms with Crippen LogP contribution in [0.4, 0.5) is 4.79 Å². The van der Waals surface area contributed by atoms with Crippen molar-refractivity contribution in [1.82, 2.24) is 4.90 Å². The van der Waals surface area contributed by atoms with Crippen LogP contribution in [0.1, 0.15) is 25.3 Å². The molecule has 0 radical (unpaired) electrons. The summed E-state index contributed by atoms with van der Waals surface area (Å²) in [6, 6.07) is 8.46. The molecule has 5 nitrogen and oxygen atoms in total. The molecule has 0 bridgehead atoms. The van der Waals surface area contributed by atoms with Gasteiger partial charge in [0.25, 0.3) is 0 Å². The lowest BCUT2D eigenvalue weighted by molar-refractivity contribution is -0.142. The quantitative estimate of drug-likeness (QED) is 0.908. The number of likely N-dealkylation sites (tertiary alicyclic amines) is 1. The summed E-state index contributed by atoms with van der Waals surface area (Å²) in [6.07, 6.45) is 0.621. The van der Waals surface area contributed by atoms with E-state index in [-0.39, 0.29) is 12.6 Å². The molecular weight excluding hydrogens is 246 g/mol. The van der Waals surface area contributed by atoms with Crippen molar-refractivity contribution in [2.45, 2.75) is 38.5 Å². The van der Waals surface area contributed by atoms with Crippen LogP contribution < -0.4 is 0 Å². The summed E-state index contributed by atoms with van der Waals surface area (Å²) < 4.78 is 5.19. The molecule has 0 aliphatic carbocycles. The Bertz CT molecular complexity index is 460. The zero-order valence-electron chi connectivity index (χ0n) is 10.8. The molecule has 1 heterocycles. The number of nitrogens with zero attached hydrogens (tertiary/aromatic N) is 1. The first kappa shape index (κ1) is 13.4. The molecule has 1 aromatic rings. The number of rotatable bonds is 3. The molecule has 0 spiro atoms. The lowest BCUT2D eigenvalue weighted by Gasteiger charge is -2.25. The summed E-state index contributed by atoms with van der Waals surface area (Å²) >= 11 is 0. The van der Waals surface area contributed by atoms with Crippen molar-refractivity contribution in [2.75, 3.05) is 0 Å². The average molecular weight is 263 g/mol. The maximum atomic E-state index is 12.0. The topological polar surface area (TPSA) is 66.8 Å². The largest absolute Gasteiger partial charge is 0.480 e. The number of aliphatic carboxylic acids is 1. The molecule has 5 heteroatoms. The van der Waals surface area contributed by atoms with Crippen LogP contribution in [0.15, 0.2) is 30.3 Å². The third-order valence-corrected chi connectivity index (χ3v) is 3.37. The second kappa shape index (κ2) is 5.73. The molecule has 2 atom stereocenters. The van der Waals surface area contributed by atoms with Gasteiger partial charge in [0.1, 0.15) is 12.6 Å². The van der Waals surface area contributed by atoms with E-state index in [0.717, 1.165) is 5.56 Å². The number of benzene rings is 1. The third kappa shape index (κ3) is 3.05. The maximum Gasteiger partial charge on any atom is 0.411 e. The van der Waals surface area contributed by atoms with Crippen LogP contribution >= 0.6 is 0 Å². The van der Waals surface area contributed by atoms with Gasteiger partial charge < -0.3 is 9.84 Å². The number of hydrogen-bond acceptors (Lipinski definition) is 3. The van der Waals surface area contributed by atoms with E-state index in [1.54, 1.807) is 0 Å². The standard InChI is InChI=1S/C14H17NO4/c1-10-7-8-12(13(16)17)15(10)14(18)19-9-11-5-3-2-4-6-11/h2-6,10,12H,7-9H2,1H3,(H,16,17). The Balaban J connectivity index is 1.97. The molecular formula is C14H17NO4. The van der Waals surface area contributed by atoms with Crippen LogP contribution in [0.3, 0.4) is 0 Å². The highest BCUT2D eigenvalue weighted by atomic mass is 16.6. The van der Waals surface area contributed by atoms with Gasteiger partial charge in [0, 0.05) is 6.04 Å². The van der Waals surface area contributed by atoms with Crippen LogP contribution in [0.2, 0.25) is 0 Å². The van der Waals surface area contributed by atoms with Crippen LogP contribution in [0.25, 0.3) is 0 Å². The van der Waals surface area contributed by atoms with Crippen LogP contribution in [0, 0.1) is 0 Å². The summed E-state index contributed by atoms with van der Waals surface area (Å²) in [5.41, 5.74) is 0.884. The van der Waals surface area contributed by atoms with Gasteiger partial charge in [-0.2, -0.15) is 0 Å². The Morgan fingerprint density at radius 1 is 1.32 bits per heavy atom. The molecule has 19 heavy (non-hydrogen) atoms. The van der Waals surface area contributed by atoms with Crippen LogP contribution in [0.5, 0.6) is 0 Å². The van der Waals surface area contributed by atoms with E-state index in [1.807, 2.05) is 37.3 Å². The molecule has 1 aromatic carbocycles. The minimum Gasteiger partial charge on any atom is -0.480 e. The number of amides is 1. The van der Waals surface area contributed by atoms with Crippen LogP contribution in [-0.4, -0.2) is 34.2 Å². The minimum absolute atomic E-state index is 0.0932. The fourth-order valence-corrected chi connectivity index (χ4v) is 2.33. The number of hydrogen-bond donors (Lipinski definition) is 1. The first-order chi connectivity index (χ1) is 9.09. The van der Waals surface area contributed by atoms with Crippen LogP contribution in [-0.2, 0) is 16.1 Å². The molecule has 2 unspecified atom stereocenters. The van der Waals surface area contributed by atoms with E-state index in [0.29, 0.717) is 12.8 Å². The molecule has 1 amide bonds. The Kier molecular flexibility index (Phi) is 4.04. The Labute approximate surface area is 111 Å². The number of carbonyl (C=O) groups is 2. The normalized spacial score (nSPS) is 22.3. The highest BCUT2D eigenvalue weighted by Gasteiger charge is 2.39. The van der Waals surface area contributed by atoms with Gasteiger partial charge in [0.2, 0.25) is 0 Å². The molecule has 1 N–H and O–H groups in total. The number of carboxylic acid groups (broad SMARTS) is 1. The fraction of sp³-hybridized carbons (Fsp3) is 0.429. The van der Waals surface area contributed by atoms with E-state index in [9.17, 15) is 9.59 Å². The summed E-state index contributed by atoms with van der Waals surface area (Å²) in [7, 11) is 0. The van der Waals surface area contributed by atoms with E-state index in [1.165, 1.54) is 4.90 Å². The second-order valence-electron chi connectivity index (χ2n) is 4.73. The molecule has 0 saturated carbocycles. The van der Waals surface area contributed by atoms with Crippen molar-refractivity contribution in [3.8, 4) is 0 Å². The first-order valence-electron chi connectivity index (χ1n) is 6.31. The smallest absolute Gasteiger partial charge is 0.411 e. The van der Waals surface area contributed by atoms with Gasteiger partial charge in [0.15, 0.2) is 0 Å². The fourth-order valence-electron chi connectivity index (χ4n) is 2.33. The Morgan fingerprint density at radius 2 is 2.00 bits per heavy atom. The van der Waals surface area contributed by atoms with Crippen molar-refractivity contribution in [1.29, 1.82) is 0 Å². The van der Waals surface area contributed by atoms with Gasteiger partial charge in [-0.1, -0.05) is 30.3 Å². The monoisotopic (exact) mass is 263 g/mol. The highest BCUT2D eigenvalue weighted by Crippen LogP contribution is 2.25. The lowest BCUT2D eigenvalue weighted by atomic mass is 10.2. The van der Waals surface area contributed by atoms with E-state index >= 15 is 0 Å². The number of carbonyl (C=O) groups excluding carboxylic acids is 1. The van der Waals surface area contributed by atoms with E-state index in [4.69, 9.17) is 9.84 Å². The summed E-state index contributed by atoms with van der Waals surface area (Å²) in [6.45, 7) is 2.00. The predicted molar refractivity (Wildman–Crippen MR) is 68.6 cm³/mol. The summed E-state index contributed by atoms with van der Waals surface area (Å²) in [5.74, 6) is -0.971. The zero-order chi connectivity index (χ0) is 13.8. The summed E-state index contributed by atoms with van der Waals surface area (Å²) in [4.78, 5) is 24.4. The lowest BCUT2D eigenvalue weighted by Crippen LogP contribution is -2.44. The van der Waals surface area contributed by atoms with Gasteiger partial charge in [-0.3, -0.25) is 4.90 Å². The first-order valence-corrected chi connectivity index (χ1v) is 6.31. The van der Waals surface area contributed by atoms with Crippen molar-refractivity contribution in [3.63, 3.8) is 0 Å². The van der Waals surface area contributed by atoms with Gasteiger partial charge in [-0.15, -0.1) is 0 Å². The SMILES string of the molecule is CC1CCC(C(=O)O)N1C(=O)OCc1ccccc1. The van der Waals surface area contributed by atoms with Crippen molar-refractivity contribution >= 4 is 12.1 Å². The molecule has 0 aromatic heterocycles. The predicted octanol–water partition coefficient (Wildman–Crippen LogP) is 2.26. The van der Waals surface area contributed by atoms with Gasteiger partial charge in [0.05, 0.1) is 0 Å². The number of ether oxygens (including phenoxy) is 1. The van der Waals surface area contributed by atoms with Crippen molar-refractivity contribution in [3.05, 3.63) is 35.9 Å². The molecule has 1 fully saturated rings. The Hall–Kier alpha value is -2.04. The molecule has 2 rings (SSSR count). The second-order valence-corrected chi connectivity index (χ2v) is 4.73. The molecule has 1 aliphatic heterocycles. The van der Waals surface area contributed by atoms with Crippen molar-refractivity contribution < 1.29 is 19.4 Å². The maximum absolute atomic E-state index is 12.0. The van der Waals surface area contributed by atoms with Gasteiger partial charge >= 0.3 is 12.1 Å². The molecule has 1 saturated heterocycles. The molecule has 102 valence electrons. The molecule has 1 aliphatic rings. The van der Waals surface area contributed by atoms with E-state index in [2.05, 4.69) is 0 Å².